The number of nitrogens with zero attached hydrogens (tertiary/aromatic N) is 4. The topological polar surface area (TPSA) is 162 Å². The van der Waals surface area contributed by atoms with E-state index in [1.807, 2.05) is 54.6 Å². The summed E-state index contributed by atoms with van der Waals surface area (Å²) < 4.78 is 5.49. The van der Waals surface area contributed by atoms with Crippen molar-refractivity contribution in [3.63, 3.8) is 0 Å². The van der Waals surface area contributed by atoms with E-state index in [9.17, 15) is 25.5 Å². The quantitative estimate of drug-likeness (QED) is 0.0934. The first kappa shape index (κ1) is 33.7. The molecule has 0 unspecified atom stereocenters. The molecule has 0 spiro atoms. The lowest BCUT2D eigenvalue weighted by Gasteiger charge is -2.15. The van der Waals surface area contributed by atoms with E-state index < -0.39 is 0 Å². The van der Waals surface area contributed by atoms with Gasteiger partial charge in [0, 0.05) is 32.3 Å². The highest BCUT2D eigenvalue weighted by Crippen LogP contribution is 2.39. The molecule has 8 aromatic rings. The van der Waals surface area contributed by atoms with Crippen LogP contribution in [-0.2, 0) is 33.0 Å². The zero-order chi connectivity index (χ0) is 35.1. The van der Waals surface area contributed by atoms with E-state index in [1.165, 1.54) is 0 Å². The van der Waals surface area contributed by atoms with Gasteiger partial charge in [-0.3, -0.25) is 0 Å². The molecule has 12 heteroatoms. The fourth-order valence-corrected chi connectivity index (χ4v) is 7.01. The van der Waals surface area contributed by atoms with Crippen LogP contribution in [0.15, 0.2) is 72.8 Å². The van der Waals surface area contributed by atoms with Crippen LogP contribution in [0.4, 0.5) is 0 Å². The summed E-state index contributed by atoms with van der Waals surface area (Å²) in [7, 11) is 1.54. The van der Waals surface area contributed by atoms with Crippen LogP contribution in [-0.4, -0.2) is 52.6 Å². The standard InChI is InChI=1S/C20H18N2O4.C18H12Cl2N2O2/c1-26-20-15-7-12(9-24)11(8-23)6-14(15)18-17(10-25)21-16-5-3-2-4-13(16)19(18)22-20;19-17-13-6-10(8-24)9(7-23)5-12(13)15-16(22-17)11-3-1-2-4-14(11)21-18(15)20/h2-7,23-25H,8-10H2,1H3;1-6,23-24H,7-8H2. The molecule has 10 nitrogen and oxygen atoms in total. The fraction of sp³-hybridized carbons (Fsp3) is 0.158. The predicted molar refractivity (Wildman–Crippen MR) is 195 cm³/mol. The van der Waals surface area contributed by atoms with Gasteiger partial charge in [0.05, 0.1) is 67.9 Å². The zero-order valence-electron chi connectivity index (χ0n) is 26.7. The number of hydrogen-bond acceptors (Lipinski definition) is 10. The molecule has 50 heavy (non-hydrogen) atoms. The average molecular weight is 710 g/mol. The van der Waals surface area contributed by atoms with E-state index in [-0.39, 0.29) is 33.0 Å². The van der Waals surface area contributed by atoms with Gasteiger partial charge in [-0.15, -0.1) is 0 Å². The maximum atomic E-state index is 9.90. The lowest BCUT2D eigenvalue weighted by Crippen LogP contribution is -2.01. The summed E-state index contributed by atoms with van der Waals surface area (Å²) in [5, 5.41) is 55.0. The van der Waals surface area contributed by atoms with Crippen molar-refractivity contribution >= 4 is 88.4 Å². The Balaban J connectivity index is 0.000000157. The van der Waals surface area contributed by atoms with Gasteiger partial charge in [0.2, 0.25) is 5.88 Å². The van der Waals surface area contributed by atoms with E-state index in [4.69, 9.17) is 27.9 Å². The number of rotatable bonds is 6. The number of aliphatic hydroxyl groups is 5. The van der Waals surface area contributed by atoms with Crippen LogP contribution < -0.4 is 4.74 Å². The zero-order valence-corrected chi connectivity index (χ0v) is 28.2. The number of ether oxygens (including phenoxy) is 1. The van der Waals surface area contributed by atoms with E-state index in [0.29, 0.717) is 71.3 Å². The number of para-hydroxylation sites is 2. The van der Waals surface area contributed by atoms with Crippen molar-refractivity contribution in [2.24, 2.45) is 0 Å². The summed E-state index contributed by atoms with van der Waals surface area (Å²) in [5.41, 5.74) is 5.81. The third kappa shape index (κ3) is 5.61. The van der Waals surface area contributed by atoms with Gasteiger partial charge in [0.25, 0.3) is 0 Å². The van der Waals surface area contributed by atoms with Gasteiger partial charge in [-0.25, -0.2) is 19.9 Å². The molecule has 5 N–H and O–H groups in total. The summed E-state index contributed by atoms with van der Waals surface area (Å²) in [6.07, 6.45) is 0. The van der Waals surface area contributed by atoms with E-state index in [1.54, 1.807) is 25.3 Å². The molecule has 0 saturated carbocycles. The summed E-state index contributed by atoms with van der Waals surface area (Å²) in [6, 6.07) is 22.3. The second-order valence-electron chi connectivity index (χ2n) is 11.6. The number of methoxy groups -OCH3 is 1. The van der Waals surface area contributed by atoms with Gasteiger partial charge < -0.3 is 30.3 Å². The Labute approximate surface area is 294 Å². The van der Waals surface area contributed by atoms with Crippen LogP contribution in [0.3, 0.4) is 0 Å². The van der Waals surface area contributed by atoms with Gasteiger partial charge in [-0.1, -0.05) is 59.6 Å². The highest BCUT2D eigenvalue weighted by Gasteiger charge is 2.19. The summed E-state index contributed by atoms with van der Waals surface area (Å²) >= 11 is 12.8. The van der Waals surface area contributed by atoms with Crippen molar-refractivity contribution < 1.29 is 30.3 Å². The highest BCUT2D eigenvalue weighted by atomic mass is 35.5. The number of fused-ring (bicyclic) bond motifs is 10. The number of benzene rings is 4. The maximum Gasteiger partial charge on any atom is 0.221 e. The van der Waals surface area contributed by atoms with Crippen LogP contribution in [0.1, 0.15) is 27.9 Å². The highest BCUT2D eigenvalue weighted by molar-refractivity contribution is 6.41. The molecule has 0 bridgehead atoms. The summed E-state index contributed by atoms with van der Waals surface area (Å²) in [6.45, 7) is -1.01. The van der Waals surface area contributed by atoms with Crippen molar-refractivity contribution in [3.8, 4) is 5.88 Å². The first-order valence-corrected chi connectivity index (χ1v) is 16.3. The molecule has 4 aromatic heterocycles. The Hall–Kier alpha value is -4.78. The molecule has 0 aliphatic rings. The third-order valence-electron chi connectivity index (χ3n) is 8.88. The summed E-state index contributed by atoms with van der Waals surface area (Å²) in [5.74, 6) is 0.423. The van der Waals surface area contributed by atoms with E-state index >= 15 is 0 Å². The van der Waals surface area contributed by atoms with Gasteiger partial charge in [-0.2, -0.15) is 0 Å². The molecule has 8 rings (SSSR count). The molecular formula is C38H30Cl2N4O6. The SMILES string of the molecule is COc1nc2c3ccccc3nc(CO)c2c2cc(CO)c(CO)cc12.OCc1cc2c(Cl)nc3c4ccccc4nc(Cl)c3c2cc1CO. The monoisotopic (exact) mass is 708 g/mol. The molecule has 4 aromatic carbocycles. The van der Waals surface area contributed by atoms with Gasteiger partial charge in [0.1, 0.15) is 10.3 Å². The molecule has 0 amide bonds. The third-order valence-corrected chi connectivity index (χ3v) is 9.44. The van der Waals surface area contributed by atoms with Crippen LogP contribution >= 0.6 is 23.2 Å². The average Bonchev–Trinajstić information content (AvgIpc) is 3.16. The van der Waals surface area contributed by atoms with Crippen LogP contribution in [0.25, 0.3) is 65.2 Å². The predicted octanol–water partition coefficient (Wildman–Crippen LogP) is 6.65. The van der Waals surface area contributed by atoms with Crippen molar-refractivity contribution in [2.45, 2.75) is 33.0 Å². The van der Waals surface area contributed by atoms with Crippen LogP contribution in [0.5, 0.6) is 5.88 Å². The smallest absolute Gasteiger partial charge is 0.221 e. The number of aromatic nitrogens is 4. The Bertz CT molecular complexity index is 2620. The minimum absolute atomic E-state index is 0.189. The Kier molecular flexibility index (Phi) is 9.34. The number of pyridine rings is 4. The lowest BCUT2D eigenvalue weighted by atomic mass is 9.97. The molecule has 4 heterocycles. The van der Waals surface area contributed by atoms with Crippen molar-refractivity contribution in [1.29, 1.82) is 0 Å². The Morgan fingerprint density at radius 1 is 0.500 bits per heavy atom. The lowest BCUT2D eigenvalue weighted by molar-refractivity contribution is 0.260. The second kappa shape index (κ2) is 13.9. The normalized spacial score (nSPS) is 11.6. The van der Waals surface area contributed by atoms with Crippen LogP contribution in [0, 0.1) is 0 Å². The van der Waals surface area contributed by atoms with E-state index in [2.05, 4.69) is 19.9 Å². The molecule has 0 aliphatic heterocycles. The van der Waals surface area contributed by atoms with Crippen molar-refractivity contribution in [2.75, 3.05) is 7.11 Å². The molecule has 0 radical (unpaired) electrons. The number of halogens is 2. The van der Waals surface area contributed by atoms with Gasteiger partial charge in [0.15, 0.2) is 0 Å². The molecule has 0 saturated heterocycles. The van der Waals surface area contributed by atoms with E-state index in [0.717, 1.165) is 38.0 Å². The molecular weight excluding hydrogens is 679 g/mol. The Morgan fingerprint density at radius 3 is 1.52 bits per heavy atom. The number of aliphatic hydroxyl groups excluding tert-OH is 5. The van der Waals surface area contributed by atoms with Crippen molar-refractivity contribution in [1.82, 2.24) is 19.9 Å². The van der Waals surface area contributed by atoms with Gasteiger partial charge >= 0.3 is 0 Å². The van der Waals surface area contributed by atoms with Crippen molar-refractivity contribution in [3.05, 3.63) is 111 Å². The summed E-state index contributed by atoms with van der Waals surface area (Å²) in [4.78, 5) is 18.2. The second-order valence-corrected chi connectivity index (χ2v) is 12.3. The molecule has 0 atom stereocenters. The molecule has 0 fully saturated rings. The first-order chi connectivity index (χ1) is 24.3. The minimum Gasteiger partial charge on any atom is -0.481 e. The minimum atomic E-state index is -0.235. The molecule has 252 valence electrons. The van der Waals surface area contributed by atoms with Gasteiger partial charge in [-0.05, 0) is 69.4 Å². The largest absolute Gasteiger partial charge is 0.481 e. The Morgan fingerprint density at radius 2 is 0.980 bits per heavy atom. The first-order valence-electron chi connectivity index (χ1n) is 15.6. The number of hydrogen-bond donors (Lipinski definition) is 5. The maximum absolute atomic E-state index is 9.90. The van der Waals surface area contributed by atoms with Crippen LogP contribution in [0.2, 0.25) is 10.3 Å². The molecule has 0 aliphatic carbocycles. The fourth-order valence-electron chi connectivity index (χ4n) is 6.48.